The molecule has 0 aliphatic rings. The van der Waals surface area contributed by atoms with Crippen LogP contribution in [0.1, 0.15) is 16.1 Å². The molecule has 0 radical (unpaired) electrons. The summed E-state index contributed by atoms with van der Waals surface area (Å²) >= 11 is 0. The quantitative estimate of drug-likeness (QED) is 0.574. The van der Waals surface area contributed by atoms with Gasteiger partial charge >= 0.3 is 0 Å². The standard InChI is InChI=1S/C15H9F2NO2/c16-9-4-5-12(18)10(7-9)14(19)13-6-8-2-1-3-11(17)15(8)20-13/h1-7H,18H2. The smallest absolute Gasteiger partial charge is 0.230 e. The number of anilines is 1. The zero-order chi connectivity index (χ0) is 14.3. The van der Waals surface area contributed by atoms with Gasteiger partial charge in [-0.1, -0.05) is 12.1 Å². The van der Waals surface area contributed by atoms with Crippen molar-refractivity contribution >= 4 is 22.4 Å². The molecule has 2 aromatic carbocycles. The summed E-state index contributed by atoms with van der Waals surface area (Å²) in [5.74, 6) is -1.81. The second-order valence-electron chi connectivity index (χ2n) is 4.33. The van der Waals surface area contributed by atoms with E-state index in [9.17, 15) is 13.6 Å². The topological polar surface area (TPSA) is 56.2 Å². The van der Waals surface area contributed by atoms with Gasteiger partial charge in [-0.15, -0.1) is 0 Å². The third kappa shape index (κ3) is 1.93. The van der Waals surface area contributed by atoms with Crippen LogP contribution in [0, 0.1) is 11.6 Å². The van der Waals surface area contributed by atoms with Crippen molar-refractivity contribution in [3.63, 3.8) is 0 Å². The second-order valence-corrected chi connectivity index (χ2v) is 4.33. The first-order chi connectivity index (χ1) is 9.56. The fourth-order valence-electron chi connectivity index (χ4n) is 2.00. The number of benzene rings is 2. The van der Waals surface area contributed by atoms with Crippen molar-refractivity contribution in [2.45, 2.75) is 0 Å². The molecule has 0 amide bonds. The summed E-state index contributed by atoms with van der Waals surface area (Å²) in [5, 5.41) is 0.461. The highest BCUT2D eigenvalue weighted by Crippen LogP contribution is 2.25. The first-order valence-corrected chi connectivity index (χ1v) is 5.84. The maximum atomic E-state index is 13.5. The van der Waals surface area contributed by atoms with Gasteiger partial charge in [-0.05, 0) is 30.3 Å². The minimum Gasteiger partial charge on any atom is -0.449 e. The largest absolute Gasteiger partial charge is 0.449 e. The highest BCUT2D eigenvalue weighted by molar-refractivity contribution is 6.11. The van der Waals surface area contributed by atoms with Crippen LogP contribution in [0.25, 0.3) is 11.0 Å². The molecule has 0 spiro atoms. The summed E-state index contributed by atoms with van der Waals surface area (Å²) in [6.45, 7) is 0. The molecule has 3 nitrogen and oxygen atoms in total. The van der Waals surface area contributed by atoms with Crippen LogP contribution >= 0.6 is 0 Å². The van der Waals surface area contributed by atoms with Gasteiger partial charge < -0.3 is 10.2 Å². The van der Waals surface area contributed by atoms with Crippen molar-refractivity contribution in [1.29, 1.82) is 0 Å². The fraction of sp³-hybridized carbons (Fsp3) is 0. The predicted octanol–water partition coefficient (Wildman–Crippen LogP) is 3.52. The van der Waals surface area contributed by atoms with Gasteiger partial charge in [0, 0.05) is 11.1 Å². The minimum atomic E-state index is -0.586. The van der Waals surface area contributed by atoms with Gasteiger partial charge in [-0.2, -0.15) is 0 Å². The van der Waals surface area contributed by atoms with Crippen molar-refractivity contribution in [3.05, 3.63) is 65.4 Å². The number of hydrogen-bond acceptors (Lipinski definition) is 3. The van der Waals surface area contributed by atoms with Crippen molar-refractivity contribution in [2.24, 2.45) is 0 Å². The molecule has 1 aromatic heterocycles. The van der Waals surface area contributed by atoms with E-state index in [1.54, 1.807) is 6.07 Å². The number of furan rings is 1. The molecule has 2 N–H and O–H groups in total. The number of carbonyl (C=O) groups excluding carboxylic acids is 1. The molecule has 1 heterocycles. The summed E-state index contributed by atoms with van der Waals surface area (Å²) in [7, 11) is 0. The van der Waals surface area contributed by atoms with Crippen LogP contribution < -0.4 is 5.73 Å². The summed E-state index contributed by atoms with van der Waals surface area (Å²) in [5.41, 5.74) is 5.77. The van der Waals surface area contributed by atoms with Crippen LogP contribution in [0.15, 0.2) is 46.9 Å². The first kappa shape index (κ1) is 12.3. The Balaban J connectivity index is 2.13. The fourth-order valence-corrected chi connectivity index (χ4v) is 2.00. The first-order valence-electron chi connectivity index (χ1n) is 5.84. The molecule has 0 bridgehead atoms. The number of hydrogen-bond donors (Lipinski definition) is 1. The number of carbonyl (C=O) groups is 1. The van der Waals surface area contributed by atoms with Crippen LogP contribution in [0.5, 0.6) is 0 Å². The van der Waals surface area contributed by atoms with Gasteiger partial charge in [0.05, 0.1) is 5.56 Å². The van der Waals surface area contributed by atoms with E-state index in [0.29, 0.717) is 5.39 Å². The molecule has 0 saturated carbocycles. The molecular formula is C15H9F2NO2. The number of nitrogens with two attached hydrogens (primary N) is 1. The zero-order valence-corrected chi connectivity index (χ0v) is 10.2. The molecule has 0 unspecified atom stereocenters. The Morgan fingerprint density at radius 1 is 1.10 bits per heavy atom. The molecule has 100 valence electrons. The van der Waals surface area contributed by atoms with Crippen LogP contribution in [0.4, 0.5) is 14.5 Å². The third-order valence-electron chi connectivity index (χ3n) is 2.98. The van der Waals surface area contributed by atoms with Crippen molar-refractivity contribution in [3.8, 4) is 0 Å². The molecule has 20 heavy (non-hydrogen) atoms. The molecular weight excluding hydrogens is 264 g/mol. The summed E-state index contributed by atoms with van der Waals surface area (Å²) in [6, 6.07) is 9.25. The number of nitrogen functional groups attached to an aromatic ring is 1. The van der Waals surface area contributed by atoms with Gasteiger partial charge in [-0.3, -0.25) is 4.79 Å². The molecule has 0 fully saturated rings. The normalized spacial score (nSPS) is 10.9. The maximum Gasteiger partial charge on any atom is 0.230 e. The lowest BCUT2D eigenvalue weighted by molar-refractivity contribution is 0.101. The Morgan fingerprint density at radius 3 is 2.65 bits per heavy atom. The minimum absolute atomic E-state index is 0.00850. The molecule has 3 rings (SSSR count). The molecule has 0 saturated heterocycles. The van der Waals surface area contributed by atoms with Crippen molar-refractivity contribution in [1.82, 2.24) is 0 Å². The maximum absolute atomic E-state index is 13.5. The number of fused-ring (bicyclic) bond motifs is 1. The SMILES string of the molecule is Nc1ccc(F)cc1C(=O)c1cc2cccc(F)c2o1. The lowest BCUT2D eigenvalue weighted by atomic mass is 10.1. The Kier molecular flexibility index (Phi) is 2.75. The number of ketones is 1. The van der Waals surface area contributed by atoms with Gasteiger partial charge in [0.1, 0.15) is 5.82 Å². The zero-order valence-electron chi connectivity index (χ0n) is 10.2. The van der Waals surface area contributed by atoms with Gasteiger partial charge in [0.25, 0.3) is 0 Å². The summed E-state index contributed by atoms with van der Waals surface area (Å²) in [4.78, 5) is 12.2. The van der Waals surface area contributed by atoms with Crippen molar-refractivity contribution in [2.75, 3.05) is 5.73 Å². The van der Waals surface area contributed by atoms with Gasteiger partial charge in [0.2, 0.25) is 5.78 Å². The van der Waals surface area contributed by atoms with E-state index in [-0.39, 0.29) is 22.6 Å². The molecule has 5 heteroatoms. The lowest BCUT2D eigenvalue weighted by Gasteiger charge is -2.02. The van der Waals surface area contributed by atoms with E-state index in [4.69, 9.17) is 10.2 Å². The lowest BCUT2D eigenvalue weighted by Crippen LogP contribution is -2.04. The van der Waals surface area contributed by atoms with Crippen LogP contribution in [-0.4, -0.2) is 5.78 Å². The average Bonchev–Trinajstić information content (AvgIpc) is 2.86. The van der Waals surface area contributed by atoms with Gasteiger partial charge in [0.15, 0.2) is 17.2 Å². The summed E-state index contributed by atoms with van der Waals surface area (Å²) < 4.78 is 31.9. The Bertz CT molecular complexity index is 824. The number of rotatable bonds is 2. The van der Waals surface area contributed by atoms with Crippen LogP contribution in [0.3, 0.4) is 0 Å². The second kappa shape index (κ2) is 4.45. The molecule has 0 aliphatic heterocycles. The third-order valence-corrected chi connectivity index (χ3v) is 2.98. The highest BCUT2D eigenvalue weighted by atomic mass is 19.1. The van der Waals surface area contributed by atoms with E-state index < -0.39 is 17.4 Å². The number of halogens is 2. The molecule has 3 aromatic rings. The Hall–Kier alpha value is -2.69. The predicted molar refractivity (Wildman–Crippen MR) is 70.4 cm³/mol. The molecule has 0 atom stereocenters. The van der Waals surface area contributed by atoms with E-state index in [0.717, 1.165) is 12.1 Å². The number of para-hydroxylation sites is 1. The average molecular weight is 273 g/mol. The van der Waals surface area contributed by atoms with Crippen molar-refractivity contribution < 1.29 is 18.0 Å². The Morgan fingerprint density at radius 2 is 1.90 bits per heavy atom. The van der Waals surface area contributed by atoms with E-state index in [1.807, 2.05) is 0 Å². The van der Waals surface area contributed by atoms with E-state index >= 15 is 0 Å². The van der Waals surface area contributed by atoms with Gasteiger partial charge in [-0.25, -0.2) is 8.78 Å². The Labute approximate surface area is 112 Å². The molecule has 0 aliphatic carbocycles. The van der Waals surface area contributed by atoms with Crippen LogP contribution in [0.2, 0.25) is 0 Å². The highest BCUT2D eigenvalue weighted by Gasteiger charge is 2.18. The van der Waals surface area contributed by atoms with E-state index in [1.165, 1.54) is 24.3 Å². The summed E-state index contributed by atoms with van der Waals surface area (Å²) in [6.07, 6.45) is 0. The van der Waals surface area contributed by atoms with Crippen LogP contribution in [-0.2, 0) is 0 Å². The van der Waals surface area contributed by atoms with E-state index in [2.05, 4.69) is 0 Å². The monoisotopic (exact) mass is 273 g/mol.